The van der Waals surface area contributed by atoms with Crippen molar-refractivity contribution in [1.82, 2.24) is 10.9 Å². The predicted molar refractivity (Wildman–Crippen MR) is 37.9 cm³/mol. The van der Waals surface area contributed by atoms with Gasteiger partial charge < -0.3 is 21.2 Å². The number of nitrogens with two attached hydrogens (primary N) is 2. The molecule has 0 aliphatic rings. The molecular formula is C2H12MnN4O6. The third-order valence-corrected chi connectivity index (χ3v) is 0.247. The fourth-order valence-electron chi connectivity index (χ4n) is 0. The zero-order valence-corrected chi connectivity index (χ0v) is 7.42. The normalized spacial score (nSPS) is 5.08. The van der Waals surface area contributed by atoms with E-state index < -0.39 is 12.2 Å². The molecule has 0 aromatic carbocycles. The van der Waals surface area contributed by atoms with Crippen LogP contribution < -0.4 is 22.5 Å². The number of hydrogen-bond acceptors (Lipinski definition) is 4. The van der Waals surface area contributed by atoms with Crippen LogP contribution in [0.5, 0.6) is 0 Å². The minimum absolute atomic E-state index is 0. The summed E-state index contributed by atoms with van der Waals surface area (Å²) >= 11 is 0. The molecule has 0 rings (SSSR count). The van der Waals surface area contributed by atoms with Crippen LogP contribution in [0.4, 0.5) is 9.59 Å². The third-order valence-electron chi connectivity index (χ3n) is 0.247. The minimum Gasteiger partial charge on any atom is -0.464 e. The average molecular weight is 243 g/mol. The Hall–Kier alpha value is -1.10. The van der Waals surface area contributed by atoms with E-state index in [1.807, 2.05) is 0 Å². The summed E-state index contributed by atoms with van der Waals surface area (Å²) in [7, 11) is 0. The van der Waals surface area contributed by atoms with Crippen LogP contribution in [0.2, 0.25) is 0 Å². The van der Waals surface area contributed by atoms with E-state index in [-0.39, 0.29) is 28.0 Å². The van der Waals surface area contributed by atoms with Gasteiger partial charge in [0.05, 0.1) is 0 Å². The number of nitrogens with one attached hydrogen (secondary N) is 2. The Labute approximate surface area is 83.3 Å². The summed E-state index contributed by atoms with van der Waals surface area (Å²) in [5, 5.41) is 15.0. The molecule has 13 heavy (non-hydrogen) atoms. The quantitative estimate of drug-likeness (QED) is 0.110. The van der Waals surface area contributed by atoms with Gasteiger partial charge in [-0.1, -0.05) is 0 Å². The first-order valence-electron chi connectivity index (χ1n) is 1.93. The van der Waals surface area contributed by atoms with Gasteiger partial charge in [0.1, 0.15) is 0 Å². The maximum atomic E-state index is 9.13. The molecule has 11 heteroatoms. The van der Waals surface area contributed by atoms with Crippen molar-refractivity contribution in [2.75, 3.05) is 0 Å². The second kappa shape index (κ2) is 22.4. The summed E-state index contributed by atoms with van der Waals surface area (Å²) in [6, 6.07) is 0. The topological polar surface area (TPSA) is 214 Å². The van der Waals surface area contributed by atoms with Crippen molar-refractivity contribution in [1.29, 1.82) is 0 Å². The van der Waals surface area contributed by atoms with E-state index in [4.69, 9.17) is 19.8 Å². The van der Waals surface area contributed by atoms with Crippen LogP contribution in [0.25, 0.3) is 0 Å². The molecule has 2 amide bonds. The number of amides is 2. The van der Waals surface area contributed by atoms with Crippen LogP contribution in [-0.2, 0) is 17.1 Å². The van der Waals surface area contributed by atoms with Gasteiger partial charge in [-0.2, -0.15) is 0 Å². The van der Waals surface area contributed by atoms with Crippen molar-refractivity contribution in [2.45, 2.75) is 0 Å². The Morgan fingerprint density at radius 2 is 1.00 bits per heavy atom. The van der Waals surface area contributed by atoms with E-state index in [0.29, 0.717) is 0 Å². The van der Waals surface area contributed by atoms with Crippen LogP contribution in [0.15, 0.2) is 0 Å². The van der Waals surface area contributed by atoms with E-state index in [9.17, 15) is 0 Å². The molecule has 0 heterocycles. The molecule has 0 atom stereocenters. The molecule has 0 bridgehead atoms. The van der Waals surface area contributed by atoms with Gasteiger partial charge in [0.25, 0.3) is 0 Å². The monoisotopic (exact) mass is 243 g/mol. The molecule has 0 fully saturated rings. The fraction of sp³-hybridized carbons (Fsp3) is 0. The van der Waals surface area contributed by atoms with Crippen molar-refractivity contribution < 1.29 is 47.8 Å². The second-order valence-corrected chi connectivity index (χ2v) is 0.899. The molecule has 0 aliphatic heterocycles. The summed E-state index contributed by atoms with van der Waals surface area (Å²) in [5.74, 6) is 8.64. The van der Waals surface area contributed by atoms with Gasteiger partial charge in [0.15, 0.2) is 0 Å². The smallest absolute Gasteiger partial charge is 0.418 e. The number of carbonyl (C=O) groups is 2. The number of hydrogen-bond donors (Lipinski definition) is 6. The summed E-state index contributed by atoms with van der Waals surface area (Å²) in [6.45, 7) is 0. The van der Waals surface area contributed by atoms with Crippen molar-refractivity contribution in [3.63, 3.8) is 0 Å². The number of hydrazine groups is 2. The Bertz CT molecular complexity index is 107. The van der Waals surface area contributed by atoms with E-state index in [2.05, 4.69) is 11.7 Å². The number of rotatable bonds is 0. The number of carboxylic acid groups (broad SMARTS) is 2. The first kappa shape index (κ1) is 29.7. The van der Waals surface area contributed by atoms with Crippen molar-refractivity contribution in [3.05, 3.63) is 0 Å². The molecular weight excluding hydrogens is 231 g/mol. The molecule has 0 unspecified atom stereocenters. The molecule has 1 radical (unpaired) electrons. The Kier molecular flexibility index (Phi) is 51.3. The molecule has 0 aliphatic carbocycles. The van der Waals surface area contributed by atoms with E-state index in [1.54, 1.807) is 0 Å². The first-order valence-corrected chi connectivity index (χ1v) is 1.93. The molecule has 10 nitrogen and oxygen atoms in total. The maximum Gasteiger partial charge on any atom is 0.418 e. The van der Waals surface area contributed by atoms with Crippen molar-refractivity contribution in [2.24, 2.45) is 11.7 Å². The Morgan fingerprint density at radius 3 is 1.00 bits per heavy atom. The predicted octanol–water partition coefficient (Wildman–Crippen LogP) is -3.40. The van der Waals surface area contributed by atoms with Crippen LogP contribution in [-0.4, -0.2) is 33.4 Å². The van der Waals surface area contributed by atoms with Crippen LogP contribution in [0.1, 0.15) is 0 Å². The molecule has 0 saturated heterocycles. The first-order chi connectivity index (χ1) is 4.54. The average Bonchev–Trinajstić information content (AvgIpc) is 1.89. The van der Waals surface area contributed by atoms with Gasteiger partial charge in [-0.25, -0.2) is 21.3 Å². The van der Waals surface area contributed by atoms with Crippen molar-refractivity contribution >= 4 is 12.2 Å². The van der Waals surface area contributed by atoms with Gasteiger partial charge in [0.2, 0.25) is 0 Å². The standard InChI is InChI=1S/2CH4N2O2.Mn.2H2O/c2*2-3-1(4)5;;;/h2*3H,2H2,(H,4,5);;2*1H2. The SMILES string of the molecule is NNC(=O)O.NNC(=O)O.O.O.[Mn]. The van der Waals surface area contributed by atoms with E-state index >= 15 is 0 Å². The Balaban J connectivity index is -0.0000000267. The van der Waals surface area contributed by atoms with Crippen LogP contribution >= 0.6 is 0 Å². The molecule has 0 saturated carbocycles. The zero-order valence-electron chi connectivity index (χ0n) is 6.24. The van der Waals surface area contributed by atoms with Gasteiger partial charge in [-0.15, -0.1) is 0 Å². The summed E-state index contributed by atoms with van der Waals surface area (Å²) in [5.41, 5.74) is 2.89. The van der Waals surface area contributed by atoms with E-state index in [0.717, 1.165) is 0 Å². The zero-order chi connectivity index (χ0) is 8.57. The summed E-state index contributed by atoms with van der Waals surface area (Å²) in [4.78, 5) is 18.3. The summed E-state index contributed by atoms with van der Waals surface area (Å²) in [6.07, 6.45) is -2.44. The van der Waals surface area contributed by atoms with Gasteiger partial charge >= 0.3 is 12.2 Å². The largest absolute Gasteiger partial charge is 0.464 e. The summed E-state index contributed by atoms with van der Waals surface area (Å²) < 4.78 is 0. The van der Waals surface area contributed by atoms with Gasteiger partial charge in [0, 0.05) is 17.1 Å². The molecule has 0 spiro atoms. The molecule has 12 N–H and O–H groups in total. The van der Waals surface area contributed by atoms with Gasteiger partial charge in [-0.05, 0) is 0 Å². The molecule has 0 aromatic rings. The third kappa shape index (κ3) is 103. The second-order valence-electron chi connectivity index (χ2n) is 0.899. The van der Waals surface area contributed by atoms with E-state index in [1.165, 1.54) is 10.9 Å². The van der Waals surface area contributed by atoms with Crippen LogP contribution in [0, 0.1) is 0 Å². The Morgan fingerprint density at radius 1 is 0.923 bits per heavy atom. The van der Waals surface area contributed by atoms with Gasteiger partial charge in [-0.3, -0.25) is 10.9 Å². The molecule has 83 valence electrons. The maximum absolute atomic E-state index is 9.13. The molecule has 0 aromatic heterocycles. The van der Waals surface area contributed by atoms with Crippen LogP contribution in [0.3, 0.4) is 0 Å². The fourth-order valence-corrected chi connectivity index (χ4v) is 0. The van der Waals surface area contributed by atoms with Crippen molar-refractivity contribution in [3.8, 4) is 0 Å². The minimum atomic E-state index is -1.22.